The second kappa shape index (κ2) is 8.11. The normalized spacial score (nSPS) is 12.4. The number of carbonyl (C=O) groups is 1. The Bertz CT molecular complexity index is 1260. The fraction of sp³-hybridized carbons (Fsp3) is 0.292. The van der Waals surface area contributed by atoms with Gasteiger partial charge in [-0.25, -0.2) is 0 Å². The minimum atomic E-state index is -0.265. The second-order valence-electron chi connectivity index (χ2n) is 7.80. The Labute approximate surface area is 180 Å². The van der Waals surface area contributed by atoms with Crippen molar-refractivity contribution in [1.29, 1.82) is 0 Å². The molecule has 2 heterocycles. The molecule has 1 atom stereocenters. The summed E-state index contributed by atoms with van der Waals surface area (Å²) >= 11 is 1.47. The highest BCUT2D eigenvalue weighted by molar-refractivity contribution is 8.00. The lowest BCUT2D eigenvalue weighted by molar-refractivity contribution is -0.115. The van der Waals surface area contributed by atoms with Crippen LogP contribution in [0.4, 0.5) is 5.69 Å². The number of anilines is 1. The molecule has 0 spiro atoms. The van der Waals surface area contributed by atoms with E-state index in [0.717, 1.165) is 27.6 Å². The van der Waals surface area contributed by atoms with Crippen LogP contribution in [-0.4, -0.2) is 25.8 Å². The van der Waals surface area contributed by atoms with Gasteiger partial charge in [-0.3, -0.25) is 9.20 Å². The summed E-state index contributed by atoms with van der Waals surface area (Å²) in [5.41, 5.74) is 7.40. The Morgan fingerprint density at radius 1 is 1.03 bits per heavy atom. The van der Waals surface area contributed by atoms with E-state index in [9.17, 15) is 4.79 Å². The molecule has 6 heteroatoms. The third-order valence-corrected chi connectivity index (χ3v) is 6.72. The number of carbonyl (C=O) groups excluding carboxylic acids is 1. The summed E-state index contributed by atoms with van der Waals surface area (Å²) in [6, 6.07) is 14.3. The van der Waals surface area contributed by atoms with Crippen LogP contribution in [-0.2, 0) is 4.79 Å². The summed E-state index contributed by atoms with van der Waals surface area (Å²) < 4.78 is 2.09. The van der Waals surface area contributed by atoms with E-state index in [-0.39, 0.29) is 11.2 Å². The predicted molar refractivity (Wildman–Crippen MR) is 124 cm³/mol. The first-order chi connectivity index (χ1) is 14.4. The van der Waals surface area contributed by atoms with Gasteiger partial charge in [-0.2, -0.15) is 0 Å². The van der Waals surface area contributed by atoms with Gasteiger partial charge in [0.2, 0.25) is 5.91 Å². The average molecular weight is 419 g/mol. The molecular formula is C24H26N4OS. The fourth-order valence-electron chi connectivity index (χ4n) is 3.87. The monoisotopic (exact) mass is 418 g/mol. The van der Waals surface area contributed by atoms with Crippen molar-refractivity contribution in [3.63, 3.8) is 0 Å². The summed E-state index contributed by atoms with van der Waals surface area (Å²) in [5, 5.41) is 13.6. The van der Waals surface area contributed by atoms with Gasteiger partial charge in [-0.05, 0) is 69.0 Å². The maximum absolute atomic E-state index is 13.0. The fourth-order valence-corrected chi connectivity index (χ4v) is 4.83. The van der Waals surface area contributed by atoms with E-state index in [1.54, 1.807) is 0 Å². The van der Waals surface area contributed by atoms with Crippen LogP contribution in [0.15, 0.2) is 47.6 Å². The Morgan fingerprint density at radius 2 is 1.80 bits per heavy atom. The molecule has 0 saturated carbocycles. The molecule has 1 unspecified atom stereocenters. The molecular weight excluding hydrogens is 392 g/mol. The first-order valence-electron chi connectivity index (χ1n) is 10.2. The SMILES string of the molecule is CCC(Sc1nnc2cc(C)c3cc(C)cc(C)c3n12)C(=O)Nc1ccccc1C. The van der Waals surface area contributed by atoms with Crippen LogP contribution in [0.3, 0.4) is 0 Å². The first kappa shape index (κ1) is 20.4. The zero-order valence-corrected chi connectivity index (χ0v) is 18.8. The minimum Gasteiger partial charge on any atom is -0.325 e. The average Bonchev–Trinajstić information content (AvgIpc) is 3.09. The van der Waals surface area contributed by atoms with Gasteiger partial charge in [0.05, 0.1) is 10.8 Å². The number of benzene rings is 2. The smallest absolute Gasteiger partial charge is 0.237 e. The number of para-hydroxylation sites is 1. The molecule has 0 saturated heterocycles. The Morgan fingerprint density at radius 3 is 2.53 bits per heavy atom. The van der Waals surface area contributed by atoms with Gasteiger partial charge < -0.3 is 5.32 Å². The summed E-state index contributed by atoms with van der Waals surface area (Å²) in [6.45, 7) is 10.4. The second-order valence-corrected chi connectivity index (χ2v) is 8.97. The highest BCUT2D eigenvalue weighted by Crippen LogP contribution is 2.31. The van der Waals surface area contributed by atoms with Gasteiger partial charge in [-0.15, -0.1) is 10.2 Å². The van der Waals surface area contributed by atoms with E-state index in [0.29, 0.717) is 6.42 Å². The van der Waals surface area contributed by atoms with E-state index in [2.05, 4.69) is 58.9 Å². The van der Waals surface area contributed by atoms with Crippen molar-refractivity contribution in [3.8, 4) is 0 Å². The minimum absolute atomic E-state index is 0.0162. The molecule has 1 N–H and O–H groups in total. The Balaban J connectivity index is 1.73. The van der Waals surface area contributed by atoms with Crippen molar-refractivity contribution in [2.75, 3.05) is 5.32 Å². The summed E-state index contributed by atoms with van der Waals surface area (Å²) in [5.74, 6) is -0.0162. The van der Waals surface area contributed by atoms with Gasteiger partial charge in [0.1, 0.15) is 0 Å². The number of amides is 1. The number of hydrogen-bond donors (Lipinski definition) is 1. The lowest BCUT2D eigenvalue weighted by Crippen LogP contribution is -2.25. The quantitative estimate of drug-likeness (QED) is 0.427. The highest BCUT2D eigenvalue weighted by atomic mass is 32.2. The van der Waals surface area contributed by atoms with Crippen LogP contribution in [0, 0.1) is 27.7 Å². The zero-order valence-electron chi connectivity index (χ0n) is 18.0. The van der Waals surface area contributed by atoms with E-state index in [4.69, 9.17) is 0 Å². The largest absolute Gasteiger partial charge is 0.325 e. The van der Waals surface area contributed by atoms with E-state index < -0.39 is 0 Å². The molecule has 4 rings (SSSR count). The molecule has 1 amide bonds. The zero-order chi connectivity index (χ0) is 21.4. The van der Waals surface area contributed by atoms with Crippen LogP contribution in [0.25, 0.3) is 16.6 Å². The molecule has 0 radical (unpaired) electrons. The van der Waals surface area contributed by atoms with Gasteiger partial charge in [0, 0.05) is 11.1 Å². The number of hydrogen-bond acceptors (Lipinski definition) is 4. The molecule has 2 aromatic heterocycles. The lowest BCUT2D eigenvalue weighted by Gasteiger charge is -2.16. The van der Waals surface area contributed by atoms with Gasteiger partial charge >= 0.3 is 0 Å². The number of nitrogens with zero attached hydrogens (tertiary/aromatic N) is 3. The van der Waals surface area contributed by atoms with Crippen molar-refractivity contribution >= 4 is 39.9 Å². The van der Waals surface area contributed by atoms with Crippen molar-refractivity contribution in [3.05, 3.63) is 64.7 Å². The third-order valence-electron chi connectivity index (χ3n) is 5.41. The van der Waals surface area contributed by atoms with Crippen LogP contribution in [0.5, 0.6) is 0 Å². The molecule has 0 aliphatic heterocycles. The maximum Gasteiger partial charge on any atom is 0.237 e. The van der Waals surface area contributed by atoms with Crippen molar-refractivity contribution in [2.24, 2.45) is 0 Å². The predicted octanol–water partition coefficient (Wildman–Crippen LogP) is 5.63. The van der Waals surface area contributed by atoms with Gasteiger partial charge in [0.15, 0.2) is 10.8 Å². The molecule has 0 aliphatic rings. The molecule has 4 aromatic rings. The Hall–Kier alpha value is -2.86. The van der Waals surface area contributed by atoms with E-state index >= 15 is 0 Å². The lowest BCUT2D eigenvalue weighted by atomic mass is 10.0. The number of aromatic nitrogens is 3. The van der Waals surface area contributed by atoms with Crippen LogP contribution in [0.1, 0.15) is 35.6 Å². The molecule has 5 nitrogen and oxygen atoms in total. The van der Waals surface area contributed by atoms with Crippen LogP contribution < -0.4 is 5.32 Å². The number of aryl methyl sites for hydroxylation is 4. The first-order valence-corrected chi connectivity index (χ1v) is 11.1. The topological polar surface area (TPSA) is 59.3 Å². The molecule has 0 fully saturated rings. The molecule has 30 heavy (non-hydrogen) atoms. The summed E-state index contributed by atoms with van der Waals surface area (Å²) in [6.07, 6.45) is 0.694. The van der Waals surface area contributed by atoms with E-state index in [1.807, 2.05) is 38.1 Å². The number of rotatable bonds is 5. The third kappa shape index (κ3) is 3.67. The van der Waals surface area contributed by atoms with Crippen molar-refractivity contribution in [1.82, 2.24) is 14.6 Å². The van der Waals surface area contributed by atoms with E-state index in [1.165, 1.54) is 33.8 Å². The molecule has 154 valence electrons. The Kier molecular flexibility index (Phi) is 5.52. The molecule has 2 aromatic carbocycles. The van der Waals surface area contributed by atoms with Gasteiger partial charge in [-0.1, -0.05) is 48.5 Å². The van der Waals surface area contributed by atoms with Crippen LogP contribution >= 0.6 is 11.8 Å². The van der Waals surface area contributed by atoms with Crippen molar-refractivity contribution in [2.45, 2.75) is 51.4 Å². The van der Waals surface area contributed by atoms with Gasteiger partial charge in [0.25, 0.3) is 0 Å². The number of nitrogens with one attached hydrogen (secondary N) is 1. The maximum atomic E-state index is 13.0. The number of pyridine rings is 1. The number of fused-ring (bicyclic) bond motifs is 3. The van der Waals surface area contributed by atoms with Crippen molar-refractivity contribution < 1.29 is 4.79 Å². The highest BCUT2D eigenvalue weighted by Gasteiger charge is 2.23. The number of thioether (sulfide) groups is 1. The molecule has 0 bridgehead atoms. The standard InChI is InChI=1S/C24H26N4OS/c1-6-20(23(29)25-19-10-8-7-9-15(19)3)30-24-27-26-21-13-16(4)18-12-14(2)11-17(5)22(18)28(21)24/h7-13,20H,6H2,1-5H3,(H,25,29). The summed E-state index contributed by atoms with van der Waals surface area (Å²) in [4.78, 5) is 13.0. The van der Waals surface area contributed by atoms with Crippen LogP contribution in [0.2, 0.25) is 0 Å². The molecule has 0 aliphatic carbocycles. The summed E-state index contributed by atoms with van der Waals surface area (Å²) in [7, 11) is 0.